The minimum absolute atomic E-state index is 0.0377. The number of rotatable bonds is 5. The Hall–Kier alpha value is -2.26. The van der Waals surface area contributed by atoms with Crippen LogP contribution in [0.25, 0.3) is 0 Å². The molecule has 0 atom stereocenters. The van der Waals surface area contributed by atoms with Gasteiger partial charge in [0, 0.05) is 18.7 Å². The van der Waals surface area contributed by atoms with Crippen LogP contribution >= 0.6 is 23.8 Å². The van der Waals surface area contributed by atoms with E-state index in [1.54, 1.807) is 6.92 Å². The van der Waals surface area contributed by atoms with E-state index in [1.165, 1.54) is 13.8 Å². The fourth-order valence-electron chi connectivity index (χ4n) is 3.15. The molecule has 0 saturated carbocycles. The number of nitrogens with zero attached hydrogens (tertiary/aromatic N) is 2. The molecule has 3 N–H and O–H groups in total. The number of halogens is 2. The van der Waals surface area contributed by atoms with Gasteiger partial charge in [-0.2, -0.15) is 0 Å². The van der Waals surface area contributed by atoms with Gasteiger partial charge in [-0.25, -0.2) is 14.2 Å². The maximum absolute atomic E-state index is 15.5. The van der Waals surface area contributed by atoms with Gasteiger partial charge in [0.2, 0.25) is 0 Å². The van der Waals surface area contributed by atoms with E-state index in [9.17, 15) is 14.7 Å². The second kappa shape index (κ2) is 9.04. The number of hydrogen-bond acceptors (Lipinski definition) is 5. The molecular weight excluding hydrogens is 421 g/mol. The Labute approximate surface area is 178 Å². The fraction of sp³-hybridized carbons (Fsp3) is 0.474. The van der Waals surface area contributed by atoms with Crippen molar-refractivity contribution in [3.05, 3.63) is 28.0 Å². The lowest BCUT2D eigenvalue weighted by Crippen LogP contribution is -2.37. The predicted molar refractivity (Wildman–Crippen MR) is 113 cm³/mol. The molecule has 29 heavy (non-hydrogen) atoms. The molecular formula is C19H23ClFN3O4S. The summed E-state index contributed by atoms with van der Waals surface area (Å²) in [6, 6.07) is 1.01. The Morgan fingerprint density at radius 2 is 2.00 bits per heavy atom. The Balaban J connectivity index is 2.75. The molecule has 1 aliphatic rings. The van der Waals surface area contributed by atoms with Crippen molar-refractivity contribution < 1.29 is 23.8 Å². The molecule has 0 aromatic heterocycles. The maximum Gasteiger partial charge on any atom is 0.337 e. The highest BCUT2D eigenvalue weighted by Gasteiger charge is 2.39. The molecule has 0 aliphatic carbocycles. The summed E-state index contributed by atoms with van der Waals surface area (Å²) in [5.74, 6) is -2.86. The van der Waals surface area contributed by atoms with Crippen molar-refractivity contribution in [3.63, 3.8) is 0 Å². The molecule has 7 nitrogen and oxygen atoms in total. The minimum atomic E-state index is -1.55. The van der Waals surface area contributed by atoms with Gasteiger partial charge >= 0.3 is 11.9 Å². The monoisotopic (exact) mass is 443 g/mol. The number of aliphatic imine (C=N–C) groups is 1. The lowest BCUT2D eigenvalue weighted by atomic mass is 9.83. The number of hydrogen-bond donors (Lipinski definition) is 2. The molecule has 1 aromatic rings. The molecule has 10 heteroatoms. The molecule has 0 unspecified atom stereocenters. The van der Waals surface area contributed by atoms with Gasteiger partial charge in [0.25, 0.3) is 0 Å². The number of carbonyl (C=O) groups excluding carboxylic acids is 1. The number of carboxylic acid groups (broad SMARTS) is 1. The highest BCUT2D eigenvalue weighted by Crippen LogP contribution is 2.40. The number of aromatic carboxylic acids is 1. The van der Waals surface area contributed by atoms with Gasteiger partial charge in [0.15, 0.2) is 11.7 Å². The van der Waals surface area contributed by atoms with E-state index in [-0.39, 0.29) is 39.3 Å². The number of carboxylic acids is 1. The van der Waals surface area contributed by atoms with Crippen molar-refractivity contribution in [2.45, 2.75) is 39.0 Å². The third-order valence-electron chi connectivity index (χ3n) is 4.67. The summed E-state index contributed by atoms with van der Waals surface area (Å²) >= 11 is 11.3. The first-order valence-corrected chi connectivity index (χ1v) is 9.87. The molecule has 2 rings (SSSR count). The van der Waals surface area contributed by atoms with Gasteiger partial charge in [0.05, 0.1) is 22.6 Å². The van der Waals surface area contributed by atoms with Crippen LogP contribution in [0.5, 0.6) is 0 Å². The molecule has 1 saturated heterocycles. The summed E-state index contributed by atoms with van der Waals surface area (Å²) in [4.78, 5) is 30.1. The van der Waals surface area contributed by atoms with Crippen molar-refractivity contribution in [3.8, 4) is 0 Å². The van der Waals surface area contributed by atoms with E-state index in [0.29, 0.717) is 13.1 Å². The molecule has 0 amide bonds. The number of benzene rings is 1. The van der Waals surface area contributed by atoms with E-state index >= 15 is 4.39 Å². The topological polar surface area (TPSA) is 105 Å². The lowest BCUT2D eigenvalue weighted by Gasteiger charge is -2.26. The molecule has 0 bridgehead atoms. The first-order chi connectivity index (χ1) is 13.5. The molecule has 1 aromatic carbocycles. The van der Waals surface area contributed by atoms with Gasteiger partial charge in [0.1, 0.15) is 10.7 Å². The summed E-state index contributed by atoms with van der Waals surface area (Å²) < 4.78 is 20.5. The van der Waals surface area contributed by atoms with Crippen molar-refractivity contribution in [2.24, 2.45) is 10.7 Å². The third kappa shape index (κ3) is 4.67. The van der Waals surface area contributed by atoms with Crippen molar-refractivity contribution in [1.82, 2.24) is 4.90 Å². The van der Waals surface area contributed by atoms with Crippen molar-refractivity contribution >= 4 is 52.3 Å². The van der Waals surface area contributed by atoms with Crippen molar-refractivity contribution in [1.29, 1.82) is 0 Å². The summed E-state index contributed by atoms with van der Waals surface area (Å²) in [5, 5.41) is 9.15. The number of ether oxygens (including phenoxy) is 1. The quantitative estimate of drug-likeness (QED) is 0.311. The van der Waals surface area contributed by atoms with Crippen LogP contribution in [-0.4, -0.2) is 52.5 Å². The molecule has 1 aliphatic heterocycles. The highest BCUT2D eigenvalue weighted by atomic mass is 35.5. The third-order valence-corrected chi connectivity index (χ3v) is 5.25. The van der Waals surface area contributed by atoms with Gasteiger partial charge in [-0.15, -0.1) is 0 Å². The maximum atomic E-state index is 15.5. The summed E-state index contributed by atoms with van der Waals surface area (Å²) in [6.45, 7) is 5.80. The summed E-state index contributed by atoms with van der Waals surface area (Å²) in [7, 11) is 0. The zero-order valence-corrected chi connectivity index (χ0v) is 18.0. The Morgan fingerprint density at radius 1 is 1.41 bits per heavy atom. The Morgan fingerprint density at radius 3 is 2.48 bits per heavy atom. The smallest absolute Gasteiger partial charge is 0.337 e. The fourth-order valence-corrected chi connectivity index (χ4v) is 3.78. The van der Waals surface area contributed by atoms with Gasteiger partial charge in [-0.05, 0) is 39.7 Å². The second-order valence-corrected chi connectivity index (χ2v) is 7.91. The largest absolute Gasteiger partial charge is 0.478 e. The van der Waals surface area contributed by atoms with Crippen LogP contribution in [0.1, 0.15) is 49.5 Å². The van der Waals surface area contributed by atoms with Crippen LogP contribution < -0.4 is 5.73 Å². The first kappa shape index (κ1) is 23.0. The predicted octanol–water partition coefficient (Wildman–Crippen LogP) is 3.43. The first-order valence-electron chi connectivity index (χ1n) is 9.08. The van der Waals surface area contributed by atoms with E-state index in [0.717, 1.165) is 18.9 Å². The van der Waals surface area contributed by atoms with E-state index in [1.807, 2.05) is 4.90 Å². The molecule has 0 spiro atoms. The highest BCUT2D eigenvalue weighted by molar-refractivity contribution is 7.82. The van der Waals surface area contributed by atoms with Crippen LogP contribution in [0, 0.1) is 5.82 Å². The van der Waals surface area contributed by atoms with Crippen LogP contribution in [0.3, 0.4) is 0 Å². The van der Waals surface area contributed by atoms with Gasteiger partial charge < -0.3 is 20.5 Å². The Bertz CT molecular complexity index is 883. The number of carbonyl (C=O) groups is 2. The number of nitrogens with two attached hydrogens (primary N) is 1. The average molecular weight is 444 g/mol. The van der Waals surface area contributed by atoms with Crippen LogP contribution in [0.4, 0.5) is 10.1 Å². The van der Waals surface area contributed by atoms with Crippen molar-refractivity contribution in [2.75, 3.05) is 19.7 Å². The van der Waals surface area contributed by atoms with E-state index in [2.05, 4.69) is 4.99 Å². The summed E-state index contributed by atoms with van der Waals surface area (Å²) in [6.07, 6.45) is 1.82. The number of amidine groups is 1. The standard InChI is InChI=1S/C19H23ClFN3O4S/c1-4-28-18(27)19(2,3)12-13(20)10(17(25)26)9-11(14(12)21)23-16(15(22)29)24-7-5-6-8-24/h9H,4-8H2,1-3H3,(H2,22,29)(H,25,26). The normalized spacial score (nSPS) is 14.8. The number of esters is 1. The van der Waals surface area contributed by atoms with E-state index in [4.69, 9.17) is 34.3 Å². The molecule has 158 valence electrons. The number of thiocarbonyl (C=S) groups is 1. The minimum Gasteiger partial charge on any atom is -0.478 e. The van der Waals surface area contributed by atoms with Gasteiger partial charge in [-0.3, -0.25) is 4.79 Å². The molecule has 1 fully saturated rings. The van der Waals surface area contributed by atoms with Gasteiger partial charge in [-0.1, -0.05) is 23.8 Å². The SMILES string of the molecule is CCOC(=O)C(C)(C)c1c(F)c(N=C(C(N)=S)N2CCCC2)cc(C(=O)O)c1Cl. The van der Waals surface area contributed by atoms with E-state index < -0.39 is 23.2 Å². The van der Waals surface area contributed by atoms with Crippen LogP contribution in [-0.2, 0) is 14.9 Å². The van der Waals surface area contributed by atoms with Crippen LogP contribution in [0.15, 0.2) is 11.1 Å². The second-order valence-electron chi connectivity index (χ2n) is 7.09. The Kier molecular flexibility index (Phi) is 7.18. The molecule has 0 radical (unpaired) electrons. The zero-order chi connectivity index (χ0) is 21.9. The zero-order valence-electron chi connectivity index (χ0n) is 16.4. The van der Waals surface area contributed by atoms with Crippen LogP contribution in [0.2, 0.25) is 5.02 Å². The lowest BCUT2D eigenvalue weighted by molar-refractivity contribution is -0.148. The average Bonchev–Trinajstić information content (AvgIpc) is 3.14. The summed E-state index contributed by atoms with van der Waals surface area (Å²) in [5.41, 5.74) is 3.22. The molecule has 1 heterocycles. The number of likely N-dealkylation sites (tertiary alicyclic amines) is 1.